The average Bonchev–Trinajstić information content (AvgIpc) is 3.12. The van der Waals surface area contributed by atoms with Gasteiger partial charge in [0.15, 0.2) is 0 Å². The summed E-state index contributed by atoms with van der Waals surface area (Å²) in [5.41, 5.74) is 11.4. The van der Waals surface area contributed by atoms with Crippen molar-refractivity contribution in [3.63, 3.8) is 0 Å². The van der Waals surface area contributed by atoms with Crippen molar-refractivity contribution in [1.29, 1.82) is 0 Å². The largest absolute Gasteiger partial charge is 0.573 e. The summed E-state index contributed by atoms with van der Waals surface area (Å²) in [7, 11) is 0. The zero-order valence-electron chi connectivity index (χ0n) is 18.2. The number of nitrogens with two attached hydrogens (primary N) is 1. The maximum Gasteiger partial charge on any atom is 0.573 e. The third kappa shape index (κ3) is 3.79. The number of aryl methyl sites for hydroxylation is 1. The second-order valence-corrected chi connectivity index (χ2v) is 8.16. The highest BCUT2D eigenvalue weighted by molar-refractivity contribution is 6.03. The molecule has 0 bridgehead atoms. The second-order valence-electron chi connectivity index (χ2n) is 8.16. The van der Waals surface area contributed by atoms with Gasteiger partial charge in [0.1, 0.15) is 17.1 Å². The Balaban J connectivity index is 1.70. The molecule has 5 rings (SSSR count). The summed E-state index contributed by atoms with van der Waals surface area (Å²) in [5.74, 6) is 0.0723. The standard InChI is InChI=1S/C27H20F3N3O/c1-17-13-19(16-32-15-17)18-5-4-6-21(14-18)26(24-8-3-2-7-23(24)25(31)33-26)20-9-11-22(12-10-20)34-27(28,29)30/h2-16H,1H3,(H2,31,33). The zero-order chi connectivity index (χ0) is 23.9. The number of rotatable bonds is 4. The Morgan fingerprint density at radius 2 is 1.59 bits per heavy atom. The lowest BCUT2D eigenvalue weighted by molar-refractivity contribution is -0.274. The summed E-state index contributed by atoms with van der Waals surface area (Å²) in [6.45, 7) is 1.98. The van der Waals surface area contributed by atoms with Crippen LogP contribution in [0.1, 0.15) is 27.8 Å². The number of amidine groups is 1. The molecule has 1 unspecified atom stereocenters. The smallest absolute Gasteiger partial charge is 0.406 e. The average molecular weight is 459 g/mol. The van der Waals surface area contributed by atoms with E-state index in [1.54, 1.807) is 24.5 Å². The van der Waals surface area contributed by atoms with Crippen LogP contribution >= 0.6 is 0 Å². The molecule has 0 aliphatic carbocycles. The zero-order valence-corrected chi connectivity index (χ0v) is 18.2. The molecule has 170 valence electrons. The fourth-order valence-electron chi connectivity index (χ4n) is 4.46. The normalized spacial score (nSPS) is 17.2. The number of ether oxygens (including phenoxy) is 1. The number of pyridine rings is 1. The lowest BCUT2D eigenvalue weighted by Gasteiger charge is -2.30. The molecule has 0 radical (unpaired) electrons. The third-order valence-electron chi connectivity index (χ3n) is 5.88. The van der Waals surface area contributed by atoms with Crippen molar-refractivity contribution in [2.45, 2.75) is 18.8 Å². The molecule has 0 saturated heterocycles. The van der Waals surface area contributed by atoms with Crippen molar-refractivity contribution < 1.29 is 17.9 Å². The van der Waals surface area contributed by atoms with Crippen LogP contribution in [0.15, 0.2) is 96.2 Å². The van der Waals surface area contributed by atoms with E-state index in [0.29, 0.717) is 11.4 Å². The van der Waals surface area contributed by atoms with Gasteiger partial charge in [-0.25, -0.2) is 4.99 Å². The van der Waals surface area contributed by atoms with E-state index >= 15 is 0 Å². The highest BCUT2D eigenvalue weighted by atomic mass is 19.4. The summed E-state index contributed by atoms with van der Waals surface area (Å²) in [4.78, 5) is 9.20. The van der Waals surface area contributed by atoms with Gasteiger partial charge in [-0.2, -0.15) is 0 Å². The Morgan fingerprint density at radius 3 is 2.32 bits per heavy atom. The minimum Gasteiger partial charge on any atom is -0.406 e. The summed E-state index contributed by atoms with van der Waals surface area (Å²) < 4.78 is 42.2. The fourth-order valence-corrected chi connectivity index (χ4v) is 4.46. The molecule has 0 spiro atoms. The van der Waals surface area contributed by atoms with Gasteiger partial charge in [-0.05, 0) is 59.0 Å². The first-order chi connectivity index (χ1) is 16.3. The quantitative estimate of drug-likeness (QED) is 0.409. The molecule has 7 heteroatoms. The molecule has 1 atom stereocenters. The van der Waals surface area contributed by atoms with Crippen LogP contribution in [0.2, 0.25) is 0 Å². The van der Waals surface area contributed by atoms with Gasteiger partial charge in [-0.15, -0.1) is 13.2 Å². The van der Waals surface area contributed by atoms with Crippen LogP contribution in [-0.2, 0) is 5.54 Å². The number of alkyl halides is 3. The minimum absolute atomic E-state index is 0.297. The van der Waals surface area contributed by atoms with E-state index in [4.69, 9.17) is 10.7 Å². The number of aliphatic imine (C=N–C) groups is 1. The van der Waals surface area contributed by atoms with E-state index < -0.39 is 11.9 Å². The van der Waals surface area contributed by atoms with Crippen LogP contribution in [0.3, 0.4) is 0 Å². The van der Waals surface area contributed by atoms with Crippen LogP contribution in [0.4, 0.5) is 13.2 Å². The van der Waals surface area contributed by atoms with Gasteiger partial charge in [0.25, 0.3) is 0 Å². The molecule has 4 aromatic rings. The molecule has 2 heterocycles. The molecular formula is C27H20F3N3O. The van der Waals surface area contributed by atoms with Gasteiger partial charge in [0.05, 0.1) is 0 Å². The summed E-state index contributed by atoms with van der Waals surface area (Å²) in [5, 5.41) is 0. The number of aromatic nitrogens is 1. The maximum absolute atomic E-state index is 12.7. The van der Waals surface area contributed by atoms with Gasteiger partial charge >= 0.3 is 6.36 Å². The van der Waals surface area contributed by atoms with Crippen LogP contribution < -0.4 is 10.5 Å². The van der Waals surface area contributed by atoms with Crippen molar-refractivity contribution in [2.75, 3.05) is 0 Å². The SMILES string of the molecule is Cc1cncc(-c2cccc(C3(c4ccc(OC(F)(F)F)cc4)N=C(N)c4ccccc43)c2)c1. The van der Waals surface area contributed by atoms with Gasteiger partial charge in [-0.1, -0.05) is 54.6 Å². The van der Waals surface area contributed by atoms with Crippen LogP contribution in [-0.4, -0.2) is 17.2 Å². The van der Waals surface area contributed by atoms with E-state index in [1.807, 2.05) is 61.5 Å². The molecule has 0 fully saturated rings. The fraction of sp³-hybridized carbons (Fsp3) is 0.111. The van der Waals surface area contributed by atoms with E-state index in [2.05, 4.69) is 9.72 Å². The van der Waals surface area contributed by atoms with Crippen molar-refractivity contribution in [3.8, 4) is 16.9 Å². The highest BCUT2D eigenvalue weighted by Gasteiger charge is 2.43. The summed E-state index contributed by atoms with van der Waals surface area (Å²) >= 11 is 0. The topological polar surface area (TPSA) is 60.5 Å². The van der Waals surface area contributed by atoms with E-state index in [-0.39, 0.29) is 5.75 Å². The Bertz CT molecular complexity index is 1400. The lowest BCUT2D eigenvalue weighted by Crippen LogP contribution is -2.25. The number of fused-ring (bicyclic) bond motifs is 1. The summed E-state index contributed by atoms with van der Waals surface area (Å²) in [6.07, 6.45) is -1.18. The van der Waals surface area contributed by atoms with E-state index in [0.717, 1.165) is 33.4 Å². The van der Waals surface area contributed by atoms with Crippen molar-refractivity contribution in [1.82, 2.24) is 4.98 Å². The molecule has 3 aromatic carbocycles. The third-order valence-corrected chi connectivity index (χ3v) is 5.88. The molecule has 1 aliphatic rings. The van der Waals surface area contributed by atoms with E-state index in [9.17, 15) is 13.2 Å². The highest BCUT2D eigenvalue weighted by Crippen LogP contribution is 2.47. The summed E-state index contributed by atoms with van der Waals surface area (Å²) in [6, 6.07) is 23.3. The van der Waals surface area contributed by atoms with Crippen molar-refractivity contribution in [3.05, 3.63) is 119 Å². The Kier molecular flexibility index (Phi) is 5.12. The van der Waals surface area contributed by atoms with Gasteiger partial charge < -0.3 is 10.5 Å². The van der Waals surface area contributed by atoms with Crippen molar-refractivity contribution in [2.24, 2.45) is 10.7 Å². The molecule has 0 amide bonds. The predicted molar refractivity (Wildman–Crippen MR) is 125 cm³/mol. The first kappa shape index (κ1) is 21.7. The van der Waals surface area contributed by atoms with Gasteiger partial charge in [-0.3, -0.25) is 4.98 Å². The number of nitrogens with zero attached hydrogens (tertiary/aromatic N) is 2. The molecule has 2 N–H and O–H groups in total. The first-order valence-electron chi connectivity index (χ1n) is 10.6. The van der Waals surface area contributed by atoms with E-state index in [1.165, 1.54) is 12.1 Å². The van der Waals surface area contributed by atoms with Gasteiger partial charge in [0, 0.05) is 23.5 Å². The Hall–Kier alpha value is -4.13. The molecular weight excluding hydrogens is 439 g/mol. The van der Waals surface area contributed by atoms with Gasteiger partial charge in [0.2, 0.25) is 0 Å². The predicted octanol–water partition coefficient (Wildman–Crippen LogP) is 5.97. The molecule has 0 saturated carbocycles. The first-order valence-corrected chi connectivity index (χ1v) is 10.6. The van der Waals surface area contributed by atoms with Crippen molar-refractivity contribution >= 4 is 5.84 Å². The number of benzene rings is 3. The number of hydrogen-bond acceptors (Lipinski definition) is 4. The monoisotopic (exact) mass is 459 g/mol. The lowest BCUT2D eigenvalue weighted by atomic mass is 9.77. The minimum atomic E-state index is -4.77. The molecule has 1 aromatic heterocycles. The van der Waals surface area contributed by atoms with Crippen LogP contribution in [0.5, 0.6) is 5.75 Å². The number of hydrogen-bond donors (Lipinski definition) is 1. The molecule has 1 aliphatic heterocycles. The molecule has 4 nitrogen and oxygen atoms in total. The van der Waals surface area contributed by atoms with Crippen LogP contribution in [0, 0.1) is 6.92 Å². The van der Waals surface area contributed by atoms with Crippen LogP contribution in [0.25, 0.3) is 11.1 Å². The molecule has 34 heavy (non-hydrogen) atoms. The second kappa shape index (κ2) is 8.02. The Morgan fingerprint density at radius 1 is 0.824 bits per heavy atom. The Labute approximate surface area is 194 Å². The number of halogens is 3. The maximum atomic E-state index is 12.7.